The van der Waals surface area contributed by atoms with E-state index in [1.165, 1.54) is 0 Å². The predicted molar refractivity (Wildman–Crippen MR) is 119 cm³/mol. The van der Waals surface area contributed by atoms with Crippen molar-refractivity contribution in [1.29, 1.82) is 0 Å². The van der Waals surface area contributed by atoms with Gasteiger partial charge in [0.05, 0.1) is 12.2 Å². The van der Waals surface area contributed by atoms with Gasteiger partial charge in [-0.2, -0.15) is 0 Å². The van der Waals surface area contributed by atoms with Gasteiger partial charge >= 0.3 is 5.97 Å². The molecule has 6 nitrogen and oxygen atoms in total. The molecule has 0 heterocycles. The van der Waals surface area contributed by atoms with E-state index in [9.17, 15) is 9.59 Å². The van der Waals surface area contributed by atoms with Crippen LogP contribution in [0.25, 0.3) is 11.1 Å². The lowest BCUT2D eigenvalue weighted by Crippen LogP contribution is -2.48. The average molecular weight is 413 g/mol. The third-order valence-corrected chi connectivity index (χ3v) is 4.05. The fourth-order valence-corrected chi connectivity index (χ4v) is 2.65. The molecule has 2 aromatic rings. The minimum Gasteiger partial charge on any atom is -0.458 e. The Kier molecular flexibility index (Phi) is 7.26. The van der Waals surface area contributed by atoms with Crippen molar-refractivity contribution in [2.75, 3.05) is 12.3 Å². The van der Waals surface area contributed by atoms with Gasteiger partial charge in [-0.1, -0.05) is 24.3 Å². The largest absolute Gasteiger partial charge is 0.458 e. The number of anilines is 1. The first-order chi connectivity index (χ1) is 13.8. The summed E-state index contributed by atoms with van der Waals surface area (Å²) in [5.74, 6) is -0.904. The number of carbonyl (C=O) groups excluding carboxylic acids is 2. The van der Waals surface area contributed by atoms with Crippen molar-refractivity contribution in [1.82, 2.24) is 5.32 Å². The van der Waals surface area contributed by atoms with Gasteiger partial charge in [0.15, 0.2) is 6.04 Å². The number of nitrogen functional groups attached to an aromatic ring is 1. The topological polar surface area (TPSA) is 90.6 Å². The van der Waals surface area contributed by atoms with Gasteiger partial charge in [-0.25, -0.2) is 4.79 Å². The van der Waals surface area contributed by atoms with Crippen LogP contribution in [0.15, 0.2) is 48.5 Å². The van der Waals surface area contributed by atoms with Crippen LogP contribution in [0.5, 0.6) is 0 Å². The van der Waals surface area contributed by atoms with E-state index in [0.29, 0.717) is 11.3 Å². The van der Waals surface area contributed by atoms with Gasteiger partial charge in [0.25, 0.3) is 5.91 Å². The van der Waals surface area contributed by atoms with Gasteiger partial charge in [0.1, 0.15) is 5.60 Å². The summed E-state index contributed by atoms with van der Waals surface area (Å²) in [5.41, 5.74) is 7.74. The van der Waals surface area contributed by atoms with E-state index in [4.69, 9.17) is 15.2 Å². The Labute approximate surface area is 178 Å². The number of hydrogen-bond acceptors (Lipinski definition) is 5. The van der Waals surface area contributed by atoms with Crippen LogP contribution < -0.4 is 11.1 Å². The summed E-state index contributed by atoms with van der Waals surface area (Å²) < 4.78 is 11.2. The Balaban J connectivity index is 2.14. The highest BCUT2D eigenvalue weighted by Gasteiger charge is 2.29. The summed E-state index contributed by atoms with van der Waals surface area (Å²) in [6.45, 7) is 11.0. The molecule has 3 N–H and O–H groups in total. The smallest absolute Gasteiger partial charge is 0.331 e. The molecule has 162 valence electrons. The summed E-state index contributed by atoms with van der Waals surface area (Å²) >= 11 is 0. The van der Waals surface area contributed by atoms with Crippen molar-refractivity contribution in [2.45, 2.75) is 58.8 Å². The number of nitrogens with two attached hydrogens (primary N) is 1. The average Bonchev–Trinajstić information content (AvgIpc) is 2.63. The number of amides is 1. The van der Waals surface area contributed by atoms with Crippen molar-refractivity contribution in [3.05, 3.63) is 54.1 Å². The van der Waals surface area contributed by atoms with Crippen molar-refractivity contribution in [3.8, 4) is 11.1 Å². The molecule has 0 aliphatic carbocycles. The Morgan fingerprint density at radius 1 is 0.933 bits per heavy atom. The van der Waals surface area contributed by atoms with Crippen LogP contribution in [0.1, 0.15) is 51.9 Å². The number of benzene rings is 2. The van der Waals surface area contributed by atoms with Gasteiger partial charge in [-0.3, -0.25) is 4.79 Å². The third kappa shape index (κ3) is 7.52. The molecule has 0 aliphatic heterocycles. The summed E-state index contributed by atoms with van der Waals surface area (Å²) in [7, 11) is 0. The molecule has 1 amide bonds. The van der Waals surface area contributed by atoms with Gasteiger partial charge in [0, 0.05) is 11.3 Å². The third-order valence-electron chi connectivity index (χ3n) is 4.05. The van der Waals surface area contributed by atoms with Gasteiger partial charge < -0.3 is 20.5 Å². The quantitative estimate of drug-likeness (QED) is 0.548. The second-order valence-electron chi connectivity index (χ2n) is 9.19. The maximum Gasteiger partial charge on any atom is 0.331 e. The standard InChI is InChI=1S/C24H32N2O4/c1-23(2,3)29-15-20(22(28)30-24(4,5)6)26-21(27)17-12-10-16(11-13-17)18-8-7-9-19(25)14-18/h7-14,20H,15,25H2,1-6H3,(H,26,27). The van der Waals surface area contributed by atoms with Crippen LogP contribution in [0.3, 0.4) is 0 Å². The van der Waals surface area contributed by atoms with Gasteiger partial charge in [0.2, 0.25) is 0 Å². The van der Waals surface area contributed by atoms with E-state index in [-0.39, 0.29) is 12.5 Å². The lowest BCUT2D eigenvalue weighted by atomic mass is 10.0. The minimum atomic E-state index is -0.912. The molecule has 0 radical (unpaired) electrons. The molecule has 1 atom stereocenters. The molecule has 2 rings (SSSR count). The van der Waals surface area contributed by atoms with E-state index in [0.717, 1.165) is 11.1 Å². The summed E-state index contributed by atoms with van der Waals surface area (Å²) in [6.07, 6.45) is 0. The molecule has 6 heteroatoms. The van der Waals surface area contributed by atoms with E-state index >= 15 is 0 Å². The summed E-state index contributed by atoms with van der Waals surface area (Å²) in [5, 5.41) is 2.74. The Hall–Kier alpha value is -2.86. The van der Waals surface area contributed by atoms with Crippen LogP contribution in [-0.4, -0.2) is 35.7 Å². The summed E-state index contributed by atoms with van der Waals surface area (Å²) in [4.78, 5) is 25.3. The lowest BCUT2D eigenvalue weighted by Gasteiger charge is -2.27. The Morgan fingerprint density at radius 3 is 2.10 bits per heavy atom. The number of rotatable bonds is 6. The zero-order chi connectivity index (χ0) is 22.5. The van der Waals surface area contributed by atoms with Crippen molar-refractivity contribution in [3.63, 3.8) is 0 Å². The van der Waals surface area contributed by atoms with E-state index in [1.807, 2.05) is 57.2 Å². The molecule has 30 heavy (non-hydrogen) atoms. The highest BCUT2D eigenvalue weighted by atomic mass is 16.6. The number of hydrogen-bond donors (Lipinski definition) is 2. The zero-order valence-corrected chi connectivity index (χ0v) is 18.6. The molecule has 0 aliphatic rings. The van der Waals surface area contributed by atoms with Crippen LogP contribution >= 0.6 is 0 Å². The molecule has 0 bridgehead atoms. The van der Waals surface area contributed by atoms with Gasteiger partial charge in [-0.15, -0.1) is 0 Å². The maximum absolute atomic E-state index is 12.8. The van der Waals surface area contributed by atoms with Crippen molar-refractivity contribution >= 4 is 17.6 Å². The van der Waals surface area contributed by atoms with Crippen LogP contribution in [0, 0.1) is 0 Å². The fraction of sp³-hybridized carbons (Fsp3) is 0.417. The monoisotopic (exact) mass is 412 g/mol. The van der Waals surface area contributed by atoms with Gasteiger partial charge in [-0.05, 0) is 76.9 Å². The predicted octanol–water partition coefficient (Wildman–Crippen LogP) is 4.19. The minimum absolute atomic E-state index is 0.0194. The first-order valence-corrected chi connectivity index (χ1v) is 9.98. The van der Waals surface area contributed by atoms with Crippen molar-refractivity contribution in [2.24, 2.45) is 0 Å². The first-order valence-electron chi connectivity index (χ1n) is 9.98. The zero-order valence-electron chi connectivity index (χ0n) is 18.6. The van der Waals surface area contributed by atoms with E-state index in [1.54, 1.807) is 32.9 Å². The van der Waals surface area contributed by atoms with E-state index in [2.05, 4.69) is 5.32 Å². The molecular formula is C24H32N2O4. The second kappa shape index (κ2) is 9.30. The highest BCUT2D eigenvalue weighted by molar-refractivity contribution is 5.97. The molecular weight excluding hydrogens is 380 g/mol. The molecule has 0 saturated carbocycles. The number of esters is 1. The molecule has 0 saturated heterocycles. The maximum atomic E-state index is 12.8. The fourth-order valence-electron chi connectivity index (χ4n) is 2.65. The van der Waals surface area contributed by atoms with Crippen LogP contribution in [-0.2, 0) is 14.3 Å². The molecule has 0 fully saturated rings. The Morgan fingerprint density at radius 2 is 1.57 bits per heavy atom. The molecule has 0 spiro atoms. The van der Waals surface area contributed by atoms with E-state index < -0.39 is 23.2 Å². The number of ether oxygens (including phenoxy) is 2. The lowest BCUT2D eigenvalue weighted by molar-refractivity contribution is -0.160. The Bertz CT molecular complexity index is 877. The number of nitrogens with one attached hydrogen (secondary N) is 1. The SMILES string of the molecule is CC(C)(C)OCC(NC(=O)c1ccc(-c2cccc(N)c2)cc1)C(=O)OC(C)(C)C. The molecule has 1 unspecified atom stereocenters. The molecule has 2 aromatic carbocycles. The van der Waals surface area contributed by atoms with Crippen molar-refractivity contribution < 1.29 is 19.1 Å². The van der Waals surface area contributed by atoms with Crippen LogP contribution in [0.4, 0.5) is 5.69 Å². The molecule has 0 aromatic heterocycles. The second-order valence-corrected chi connectivity index (χ2v) is 9.19. The highest BCUT2D eigenvalue weighted by Crippen LogP contribution is 2.22. The summed E-state index contributed by atoms with van der Waals surface area (Å²) in [6, 6.07) is 13.7. The van der Waals surface area contributed by atoms with Crippen LogP contribution in [0.2, 0.25) is 0 Å². The first kappa shape index (κ1) is 23.4. The number of carbonyl (C=O) groups is 2. The normalized spacial score (nSPS) is 12.9.